The van der Waals surface area contributed by atoms with Gasteiger partial charge in [-0.1, -0.05) is 120 Å². The monoisotopic (exact) mass is 1510 g/mol. The molecule has 11 rings (SSSR count). The van der Waals surface area contributed by atoms with E-state index in [0.717, 1.165) is 96.2 Å². The smallest absolute Gasteiger partial charge is 0.488 e. The molecule has 2 saturated carbocycles. The Morgan fingerprint density at radius 1 is 0.761 bits per heavy atom. The zero-order valence-electron chi connectivity index (χ0n) is 54.3. The maximum atomic E-state index is 12.5. The van der Waals surface area contributed by atoms with Gasteiger partial charge in [0, 0.05) is 92.2 Å². The van der Waals surface area contributed by atoms with Crippen LogP contribution in [0, 0.1) is 64.7 Å². The second-order valence-corrected chi connectivity index (χ2v) is 26.6. The van der Waals surface area contributed by atoms with Crippen LogP contribution >= 0.6 is 31.9 Å². The number of piperazine rings is 1. The first-order valence-corrected chi connectivity index (χ1v) is 33.3. The SMILES string of the molecule is C1=CCC/C=C\CC1.C1CCC2CCCC2C1.C=CC(=O)N1CCN(c2nc(OCCCN3CCOCC3)nc3c2CCN(c2cc(O)cc(C)c2C)C3)CC1CC#N.CC1(C)O[B]OC1(C)C.Cc1cc(O)cc(Br)c1C.Cc1cccc(Br)c1C.[Ir]. The number of carbonyl (C=O) groups is 1. The minimum atomic E-state index is -0.254. The number of fused-ring (bicyclic) bond motifs is 2. The minimum absolute atomic E-state index is 0. The summed E-state index contributed by atoms with van der Waals surface area (Å²) in [7, 11) is 1.42. The normalized spacial score (nSPS) is 20.9. The summed E-state index contributed by atoms with van der Waals surface area (Å²) in [5.41, 5.74) is 9.71. The van der Waals surface area contributed by atoms with Crippen LogP contribution in [0.15, 0.2) is 88.4 Å². The zero-order chi connectivity index (χ0) is 63.1. The average molecular weight is 1510 g/mol. The maximum Gasteiger partial charge on any atom is 0.488 e. The number of morpholine rings is 1. The van der Waals surface area contributed by atoms with Gasteiger partial charge in [-0.15, -0.1) is 0 Å². The molecule has 0 spiro atoms. The number of aromatic nitrogens is 2. The molecule has 0 bridgehead atoms. The molecule has 18 heteroatoms. The first-order valence-electron chi connectivity index (χ1n) is 31.7. The van der Waals surface area contributed by atoms with Crippen molar-refractivity contribution in [3.05, 3.63) is 133 Å². The van der Waals surface area contributed by atoms with Gasteiger partial charge in [-0.25, -0.2) is 0 Å². The largest absolute Gasteiger partial charge is 0.508 e. The van der Waals surface area contributed by atoms with Crippen LogP contribution in [-0.4, -0.2) is 126 Å². The third kappa shape index (κ3) is 22.4. The summed E-state index contributed by atoms with van der Waals surface area (Å²) in [5, 5.41) is 28.9. The zero-order valence-corrected chi connectivity index (χ0v) is 59.8. The van der Waals surface area contributed by atoms with E-state index in [1.165, 1.54) is 91.7 Å². The molecule has 482 valence electrons. The summed E-state index contributed by atoms with van der Waals surface area (Å²) in [5.74, 6) is 3.56. The molecular formula is C70H99BBr2IrN7O7. The molecule has 4 aromatic rings. The number of nitrogens with zero attached hydrogens (tertiary/aromatic N) is 7. The second-order valence-electron chi connectivity index (χ2n) is 24.9. The molecule has 3 saturated heterocycles. The number of ether oxygens (including phenoxy) is 2. The number of anilines is 2. The molecule has 1 aromatic heterocycles. The van der Waals surface area contributed by atoms with Gasteiger partial charge in [0.1, 0.15) is 17.3 Å². The quantitative estimate of drug-likeness (QED) is 0.0707. The first kappa shape index (κ1) is 74.2. The number of hydrogen-bond donors (Lipinski definition) is 2. The van der Waals surface area contributed by atoms with E-state index < -0.39 is 0 Å². The van der Waals surface area contributed by atoms with Crippen molar-refractivity contribution in [2.75, 3.05) is 75.4 Å². The Bertz CT molecular complexity index is 2870. The van der Waals surface area contributed by atoms with Crippen LogP contribution < -0.4 is 14.5 Å². The van der Waals surface area contributed by atoms with Crippen molar-refractivity contribution in [1.82, 2.24) is 19.8 Å². The van der Waals surface area contributed by atoms with E-state index in [1.54, 1.807) is 48.8 Å². The predicted octanol–water partition coefficient (Wildman–Crippen LogP) is 15.2. The van der Waals surface area contributed by atoms with Crippen molar-refractivity contribution in [1.29, 1.82) is 5.26 Å². The van der Waals surface area contributed by atoms with Crippen molar-refractivity contribution >= 4 is 57.0 Å². The summed E-state index contributed by atoms with van der Waals surface area (Å²) in [6.45, 7) is 31.7. The molecule has 3 aliphatic carbocycles. The van der Waals surface area contributed by atoms with Crippen molar-refractivity contribution in [2.45, 2.75) is 183 Å². The molecule has 2 N–H and O–H groups in total. The van der Waals surface area contributed by atoms with Crippen LogP contribution in [0.25, 0.3) is 0 Å². The Morgan fingerprint density at radius 2 is 1.34 bits per heavy atom. The summed E-state index contributed by atoms with van der Waals surface area (Å²) in [4.78, 5) is 30.8. The molecule has 3 aromatic carbocycles. The van der Waals surface area contributed by atoms with Crippen molar-refractivity contribution in [3.8, 4) is 23.6 Å². The number of phenolic OH excluding ortho intramolecular Hbond substituents is 2. The Kier molecular flexibility index (Phi) is 31.2. The molecule has 7 aliphatic rings. The number of halogens is 2. The molecule has 88 heavy (non-hydrogen) atoms. The fraction of sp³-hybridized carbons (Fsp3) is 0.571. The predicted molar refractivity (Wildman–Crippen MR) is 361 cm³/mol. The Labute approximate surface area is 558 Å². The maximum absolute atomic E-state index is 12.5. The number of hydrogen-bond acceptors (Lipinski definition) is 13. The van der Waals surface area contributed by atoms with Crippen LogP contribution in [-0.2, 0) is 51.9 Å². The molecule has 4 aliphatic heterocycles. The van der Waals surface area contributed by atoms with Crippen LogP contribution in [0.4, 0.5) is 11.5 Å². The third-order valence-electron chi connectivity index (χ3n) is 18.3. The van der Waals surface area contributed by atoms with E-state index in [1.807, 2.05) is 60.6 Å². The summed E-state index contributed by atoms with van der Waals surface area (Å²) in [6.07, 6.45) is 28.0. The standard InChI is InChI=1S/C31H41N7O4.C9H16.C8H9BrO.C8H9Br.C8H12.C6H12BO2.Ir/c1-4-29(40)38-12-11-37(20-24(38)6-8-32)30-26-7-10-36(28-19-25(39)18-22(2)23(28)3)21-27(26)33-31(34-30)42-15-5-9-35-13-16-41-17-14-35;1-2-5-9-7-3-6-8(9)4-1;1-5-3-7(10)4-8(9)6(5)2;1-6-4-3-5-8(9)7(6)2;1-2-4-6-8-7-5-3-1;1-5(2)6(3,4)9-7-8-5;/h4,18-19,24,39H,1,5-7,9-17,20-21H2,2-3H3;8-9H,1-7H2;3-4,10H,1-2H3;3-5H,1-2H3;1-2,7-8H,3-6H2;1-4H3;/b;;;;2-1-,8-7?;;. The molecule has 5 heterocycles. The van der Waals surface area contributed by atoms with Gasteiger partial charge in [0.15, 0.2) is 0 Å². The number of amides is 1. The summed E-state index contributed by atoms with van der Waals surface area (Å²) >= 11 is 6.78. The van der Waals surface area contributed by atoms with Crippen LogP contribution in [0.3, 0.4) is 0 Å². The fourth-order valence-electron chi connectivity index (χ4n) is 11.7. The first-order chi connectivity index (χ1) is 41.6. The number of nitriles is 1. The average Bonchev–Trinajstić information content (AvgIpc) is 3.40. The second kappa shape index (κ2) is 37.1. The summed E-state index contributed by atoms with van der Waals surface area (Å²) < 4.78 is 24.2. The number of carbonyl (C=O) groups excluding carboxylic acids is 1. The number of aryl methyl sites for hydroxylation is 3. The van der Waals surface area contributed by atoms with E-state index in [-0.39, 0.29) is 55.4 Å². The van der Waals surface area contributed by atoms with Gasteiger partial charge in [0.05, 0.1) is 61.8 Å². The van der Waals surface area contributed by atoms with Crippen molar-refractivity contribution in [2.24, 2.45) is 11.8 Å². The minimum Gasteiger partial charge on any atom is -0.508 e. The van der Waals surface area contributed by atoms with E-state index in [2.05, 4.69) is 116 Å². The van der Waals surface area contributed by atoms with Crippen molar-refractivity contribution < 1.29 is 53.9 Å². The Balaban J connectivity index is 0.000000243. The summed E-state index contributed by atoms with van der Waals surface area (Å²) in [6, 6.07) is 15.6. The van der Waals surface area contributed by atoms with Gasteiger partial charge in [-0.2, -0.15) is 15.2 Å². The molecule has 3 unspecified atom stereocenters. The van der Waals surface area contributed by atoms with E-state index in [4.69, 9.17) is 33.9 Å². The fourth-order valence-corrected chi connectivity index (χ4v) is 12.7. The molecule has 3 atom stereocenters. The number of phenols is 2. The molecule has 1 amide bonds. The van der Waals surface area contributed by atoms with Gasteiger partial charge in [0.2, 0.25) is 5.91 Å². The van der Waals surface area contributed by atoms with Gasteiger partial charge >= 0.3 is 13.7 Å². The third-order valence-corrected chi connectivity index (χ3v) is 20.0. The van der Waals surface area contributed by atoms with E-state index >= 15 is 0 Å². The number of rotatable bonds is 9. The van der Waals surface area contributed by atoms with E-state index in [0.29, 0.717) is 44.5 Å². The van der Waals surface area contributed by atoms with Crippen LogP contribution in [0.5, 0.6) is 17.5 Å². The van der Waals surface area contributed by atoms with Crippen LogP contribution in [0.1, 0.15) is 156 Å². The van der Waals surface area contributed by atoms with Crippen molar-refractivity contribution in [3.63, 3.8) is 0 Å². The number of allylic oxidation sites excluding steroid dienone is 4. The molecular weight excluding hydrogens is 1410 g/mol. The van der Waals surface area contributed by atoms with Crippen LogP contribution in [0.2, 0.25) is 0 Å². The van der Waals surface area contributed by atoms with Gasteiger partial charge in [-0.05, 0) is 183 Å². The van der Waals surface area contributed by atoms with Gasteiger partial charge in [0.25, 0.3) is 0 Å². The molecule has 2 radical (unpaired) electrons. The number of benzene rings is 3. The topological polar surface area (TPSA) is 157 Å². The number of aromatic hydroxyl groups is 2. The molecule has 5 fully saturated rings. The van der Waals surface area contributed by atoms with Gasteiger partial charge < -0.3 is 43.7 Å². The Morgan fingerprint density at radius 3 is 1.89 bits per heavy atom. The van der Waals surface area contributed by atoms with E-state index in [9.17, 15) is 15.2 Å². The molecule has 14 nitrogen and oxygen atoms in total. The van der Waals surface area contributed by atoms with Gasteiger partial charge in [-0.3, -0.25) is 9.69 Å². The Hall–Kier alpha value is -4.57.